The second-order valence-corrected chi connectivity index (χ2v) is 6.01. The number of carbonyl (C=O) groups excluding carboxylic acids is 1. The van der Waals surface area contributed by atoms with Crippen LogP contribution in [0.15, 0.2) is 46.3 Å². The third-order valence-electron chi connectivity index (χ3n) is 2.61. The summed E-state index contributed by atoms with van der Waals surface area (Å²) in [6.07, 6.45) is 2.74. The monoisotopic (exact) mass is 366 g/mol. The average Bonchev–Trinajstić information content (AvgIpc) is 2.88. The summed E-state index contributed by atoms with van der Waals surface area (Å²) in [6.45, 7) is 0.427. The first-order valence-electron chi connectivity index (χ1n) is 5.98. The number of carbonyl (C=O) groups is 1. The molecule has 1 amide bonds. The van der Waals surface area contributed by atoms with E-state index in [9.17, 15) is 14.9 Å². The van der Waals surface area contributed by atoms with Crippen LogP contribution in [-0.2, 0) is 11.3 Å². The number of nitrogens with zero attached hydrogens (tertiary/aromatic N) is 1. The Balaban J connectivity index is 1.97. The van der Waals surface area contributed by atoms with Gasteiger partial charge in [0.25, 0.3) is 5.69 Å². The fourth-order valence-corrected chi connectivity index (χ4v) is 3.03. The van der Waals surface area contributed by atoms with E-state index < -0.39 is 4.92 Å². The van der Waals surface area contributed by atoms with E-state index in [1.165, 1.54) is 29.6 Å². The molecule has 0 aliphatic carbocycles. The number of nitrogens with one attached hydrogen (secondary N) is 1. The quantitative estimate of drug-likeness (QED) is 0.497. The molecule has 0 fully saturated rings. The van der Waals surface area contributed by atoms with Crippen molar-refractivity contribution in [2.24, 2.45) is 0 Å². The number of amides is 1. The van der Waals surface area contributed by atoms with E-state index in [0.717, 1.165) is 9.35 Å². The molecular weight excluding hydrogens is 356 g/mol. The maximum absolute atomic E-state index is 11.7. The highest BCUT2D eigenvalue weighted by molar-refractivity contribution is 9.10. The van der Waals surface area contributed by atoms with Crippen LogP contribution in [0.1, 0.15) is 10.4 Å². The molecule has 1 N–H and O–H groups in total. The molecule has 2 aromatic rings. The van der Waals surface area contributed by atoms with Gasteiger partial charge in [0.1, 0.15) is 0 Å². The summed E-state index contributed by atoms with van der Waals surface area (Å²) in [5.41, 5.74) is 0.375. The molecule has 1 heterocycles. The van der Waals surface area contributed by atoms with E-state index in [-0.39, 0.29) is 11.6 Å². The van der Waals surface area contributed by atoms with Crippen LogP contribution in [0.2, 0.25) is 0 Å². The second-order valence-electron chi connectivity index (χ2n) is 4.10. The number of hydrogen-bond donors (Lipinski definition) is 1. The van der Waals surface area contributed by atoms with Gasteiger partial charge in [-0.3, -0.25) is 14.9 Å². The predicted octanol–water partition coefficient (Wildman–Crippen LogP) is 3.75. The van der Waals surface area contributed by atoms with Crippen LogP contribution in [0, 0.1) is 10.1 Å². The van der Waals surface area contributed by atoms with Crippen molar-refractivity contribution in [2.45, 2.75) is 6.54 Å². The fourth-order valence-electron chi connectivity index (χ4n) is 1.64. The number of rotatable bonds is 5. The lowest BCUT2D eigenvalue weighted by molar-refractivity contribution is -0.385. The molecule has 0 aliphatic rings. The molecule has 2 rings (SSSR count). The first-order valence-corrected chi connectivity index (χ1v) is 7.66. The van der Waals surface area contributed by atoms with Crippen LogP contribution in [0.25, 0.3) is 6.08 Å². The maximum Gasteiger partial charge on any atom is 0.276 e. The minimum Gasteiger partial charge on any atom is -0.348 e. The van der Waals surface area contributed by atoms with Crippen LogP contribution in [-0.4, -0.2) is 10.8 Å². The second kappa shape index (κ2) is 7.14. The van der Waals surface area contributed by atoms with Crippen LogP contribution in [0.3, 0.4) is 0 Å². The van der Waals surface area contributed by atoms with Crippen LogP contribution < -0.4 is 5.32 Å². The Hall–Kier alpha value is -1.99. The third-order valence-corrected chi connectivity index (χ3v) is 4.30. The molecule has 0 radical (unpaired) electrons. The van der Waals surface area contributed by atoms with E-state index in [4.69, 9.17) is 0 Å². The summed E-state index contributed by atoms with van der Waals surface area (Å²) >= 11 is 4.88. The number of benzene rings is 1. The van der Waals surface area contributed by atoms with Gasteiger partial charge in [0.2, 0.25) is 5.91 Å². The van der Waals surface area contributed by atoms with Crippen LogP contribution in [0.5, 0.6) is 0 Å². The Bertz CT molecular complexity index is 697. The molecule has 0 spiro atoms. The van der Waals surface area contributed by atoms with E-state index in [1.807, 2.05) is 11.4 Å². The molecule has 0 bridgehead atoms. The van der Waals surface area contributed by atoms with Crippen molar-refractivity contribution in [2.75, 3.05) is 0 Å². The van der Waals surface area contributed by atoms with Crippen molar-refractivity contribution in [3.63, 3.8) is 0 Å². The molecule has 0 atom stereocenters. The highest BCUT2D eigenvalue weighted by Crippen LogP contribution is 2.20. The molecule has 7 heteroatoms. The first kappa shape index (κ1) is 15.4. The van der Waals surface area contributed by atoms with Crippen molar-refractivity contribution in [1.82, 2.24) is 5.32 Å². The largest absolute Gasteiger partial charge is 0.348 e. The van der Waals surface area contributed by atoms with Gasteiger partial charge in [-0.1, -0.05) is 12.1 Å². The molecule has 0 unspecified atom stereocenters. The van der Waals surface area contributed by atoms with Gasteiger partial charge in [-0.05, 0) is 34.1 Å². The first-order chi connectivity index (χ1) is 10.1. The van der Waals surface area contributed by atoms with Gasteiger partial charge in [-0.15, -0.1) is 11.3 Å². The molecular formula is C14H11BrN2O3S. The number of hydrogen-bond acceptors (Lipinski definition) is 4. The summed E-state index contributed by atoms with van der Waals surface area (Å²) in [6, 6.07) is 8.20. The van der Waals surface area contributed by atoms with Gasteiger partial charge < -0.3 is 5.32 Å². The molecule has 0 saturated carbocycles. The lowest BCUT2D eigenvalue weighted by Gasteiger charge is -1.99. The van der Waals surface area contributed by atoms with Crippen molar-refractivity contribution in [1.29, 1.82) is 0 Å². The van der Waals surface area contributed by atoms with E-state index in [2.05, 4.69) is 21.2 Å². The van der Waals surface area contributed by atoms with E-state index >= 15 is 0 Å². The smallest absolute Gasteiger partial charge is 0.276 e. The van der Waals surface area contributed by atoms with Gasteiger partial charge in [-0.25, -0.2) is 0 Å². The van der Waals surface area contributed by atoms with Gasteiger partial charge in [0.05, 0.1) is 17.0 Å². The highest BCUT2D eigenvalue weighted by atomic mass is 79.9. The maximum atomic E-state index is 11.7. The summed E-state index contributed by atoms with van der Waals surface area (Å²) < 4.78 is 0.979. The SMILES string of the molecule is O=C(C=Cc1ccccc1[N+](=O)[O-])NCc1cc(Br)cs1. The van der Waals surface area contributed by atoms with Crippen LogP contribution in [0.4, 0.5) is 5.69 Å². The minimum atomic E-state index is -0.471. The number of nitro groups is 1. The van der Waals surface area contributed by atoms with Gasteiger partial charge >= 0.3 is 0 Å². The zero-order valence-electron chi connectivity index (χ0n) is 10.8. The Morgan fingerprint density at radius 1 is 1.43 bits per heavy atom. The van der Waals surface area contributed by atoms with Crippen molar-refractivity contribution >= 4 is 44.9 Å². The van der Waals surface area contributed by atoms with Crippen molar-refractivity contribution in [3.8, 4) is 0 Å². The Kier molecular flexibility index (Phi) is 5.24. The Morgan fingerprint density at radius 3 is 2.86 bits per heavy atom. The molecule has 21 heavy (non-hydrogen) atoms. The standard InChI is InChI=1S/C14H11BrN2O3S/c15-11-7-12(21-9-11)8-16-14(18)6-5-10-3-1-2-4-13(10)17(19)20/h1-7,9H,8H2,(H,16,18). The topological polar surface area (TPSA) is 72.2 Å². The van der Waals surface area contributed by atoms with E-state index in [1.54, 1.807) is 18.2 Å². The number of nitro benzene ring substituents is 1. The fraction of sp³-hybridized carbons (Fsp3) is 0.0714. The predicted molar refractivity (Wildman–Crippen MR) is 86.0 cm³/mol. The van der Waals surface area contributed by atoms with Gasteiger partial charge in [0.15, 0.2) is 0 Å². The Morgan fingerprint density at radius 2 is 2.19 bits per heavy atom. The summed E-state index contributed by atoms with van der Waals surface area (Å²) in [7, 11) is 0. The van der Waals surface area contributed by atoms with Gasteiger partial charge in [0, 0.05) is 26.9 Å². The summed E-state index contributed by atoms with van der Waals surface area (Å²) in [5.74, 6) is -0.294. The molecule has 0 saturated heterocycles. The molecule has 1 aromatic carbocycles. The highest BCUT2D eigenvalue weighted by Gasteiger charge is 2.09. The zero-order chi connectivity index (χ0) is 15.2. The molecule has 5 nitrogen and oxygen atoms in total. The van der Waals surface area contributed by atoms with Crippen molar-refractivity contribution < 1.29 is 9.72 Å². The summed E-state index contributed by atoms with van der Waals surface area (Å²) in [5, 5.41) is 15.5. The van der Waals surface area contributed by atoms with Gasteiger partial charge in [-0.2, -0.15) is 0 Å². The lowest BCUT2D eigenvalue weighted by atomic mass is 10.1. The average molecular weight is 367 g/mol. The minimum absolute atomic E-state index is 0.0243. The number of halogens is 1. The summed E-state index contributed by atoms with van der Waals surface area (Å²) in [4.78, 5) is 23.1. The normalized spacial score (nSPS) is 10.7. The Labute approximate surface area is 133 Å². The number of thiophene rings is 1. The van der Waals surface area contributed by atoms with E-state index in [0.29, 0.717) is 12.1 Å². The van der Waals surface area contributed by atoms with Crippen LogP contribution >= 0.6 is 27.3 Å². The zero-order valence-corrected chi connectivity index (χ0v) is 13.2. The third kappa shape index (κ3) is 4.51. The number of para-hydroxylation sites is 1. The van der Waals surface area contributed by atoms with Crippen molar-refractivity contribution in [3.05, 3.63) is 66.8 Å². The molecule has 108 valence electrons. The molecule has 1 aromatic heterocycles. The molecule has 0 aliphatic heterocycles. The lowest BCUT2D eigenvalue weighted by Crippen LogP contribution is -2.19.